The third kappa shape index (κ3) is 3.19. The number of nitrogens with one attached hydrogen (secondary N) is 1. The number of rotatable bonds is 5. The van der Waals surface area contributed by atoms with E-state index in [-0.39, 0.29) is 10.6 Å². The number of hydrogen-bond acceptors (Lipinski definition) is 4. The van der Waals surface area contributed by atoms with Crippen molar-refractivity contribution in [3.05, 3.63) is 16.5 Å². The second kappa shape index (κ2) is 4.93. The van der Waals surface area contributed by atoms with E-state index in [9.17, 15) is 13.2 Å². The highest BCUT2D eigenvalue weighted by atomic mass is 35.5. The van der Waals surface area contributed by atoms with E-state index in [0.717, 1.165) is 11.3 Å². The molecule has 0 aliphatic carbocycles. The number of hydrogen-bond donors (Lipinski definition) is 2. The summed E-state index contributed by atoms with van der Waals surface area (Å²) in [5, 5.41) is 9.00. The van der Waals surface area contributed by atoms with Crippen LogP contribution >= 0.6 is 22.9 Å². The predicted octanol–water partition coefficient (Wildman–Crippen LogP) is 1.93. The molecule has 0 amide bonds. The Morgan fingerprint density at radius 2 is 2.18 bits per heavy atom. The lowest BCUT2D eigenvalue weighted by atomic mass is 10.0. The molecule has 1 heterocycles. The number of carboxylic acids is 1. The fourth-order valence-corrected chi connectivity index (χ4v) is 3.98. The van der Waals surface area contributed by atoms with Gasteiger partial charge in [-0.2, -0.15) is 4.72 Å². The summed E-state index contributed by atoms with van der Waals surface area (Å²) in [4.78, 5) is 11.0. The SMILES string of the molecule is CCC(C)(NS(=O)(=O)c1ccc(Cl)s1)C(=O)O. The van der Waals surface area contributed by atoms with Crippen molar-refractivity contribution in [3.8, 4) is 0 Å². The van der Waals surface area contributed by atoms with Gasteiger partial charge in [0.05, 0.1) is 4.34 Å². The lowest BCUT2D eigenvalue weighted by Gasteiger charge is -2.23. The summed E-state index contributed by atoms with van der Waals surface area (Å²) in [5.41, 5.74) is -1.52. The first kappa shape index (κ1) is 14.4. The molecule has 2 N–H and O–H groups in total. The summed E-state index contributed by atoms with van der Waals surface area (Å²) < 4.78 is 26.3. The summed E-state index contributed by atoms with van der Waals surface area (Å²) in [7, 11) is -3.85. The Morgan fingerprint density at radius 3 is 2.53 bits per heavy atom. The number of halogens is 1. The molecule has 1 unspecified atom stereocenters. The molecule has 8 heteroatoms. The van der Waals surface area contributed by atoms with Crippen LogP contribution in [0.4, 0.5) is 0 Å². The Balaban J connectivity index is 3.06. The van der Waals surface area contributed by atoms with E-state index in [1.807, 2.05) is 0 Å². The number of thiophene rings is 1. The number of aliphatic carboxylic acids is 1. The van der Waals surface area contributed by atoms with Gasteiger partial charge in [0.2, 0.25) is 0 Å². The van der Waals surface area contributed by atoms with Gasteiger partial charge in [0, 0.05) is 0 Å². The average Bonchev–Trinajstić information content (AvgIpc) is 2.64. The molecule has 0 fully saturated rings. The molecule has 0 aliphatic heterocycles. The highest BCUT2D eigenvalue weighted by Crippen LogP contribution is 2.26. The van der Waals surface area contributed by atoms with Crippen LogP contribution in [0.25, 0.3) is 0 Å². The van der Waals surface area contributed by atoms with Crippen LogP contribution in [0.3, 0.4) is 0 Å². The monoisotopic (exact) mass is 297 g/mol. The van der Waals surface area contributed by atoms with Gasteiger partial charge < -0.3 is 5.11 Å². The van der Waals surface area contributed by atoms with Crippen LogP contribution in [0.15, 0.2) is 16.3 Å². The summed E-state index contributed by atoms with van der Waals surface area (Å²) in [6.07, 6.45) is 0.140. The molecule has 0 aliphatic rings. The van der Waals surface area contributed by atoms with E-state index >= 15 is 0 Å². The van der Waals surface area contributed by atoms with Crippen molar-refractivity contribution in [1.82, 2.24) is 4.72 Å². The first-order valence-corrected chi connectivity index (χ1v) is 7.42. The molecule has 5 nitrogen and oxygen atoms in total. The fourth-order valence-electron chi connectivity index (χ4n) is 1.06. The Morgan fingerprint density at radius 1 is 1.59 bits per heavy atom. The molecule has 0 bridgehead atoms. The first-order chi connectivity index (χ1) is 7.71. The van der Waals surface area contributed by atoms with Crippen molar-refractivity contribution < 1.29 is 18.3 Å². The molecule has 1 rings (SSSR count). The third-order valence-electron chi connectivity index (χ3n) is 2.35. The first-order valence-electron chi connectivity index (χ1n) is 4.74. The Kier molecular flexibility index (Phi) is 4.19. The van der Waals surface area contributed by atoms with Gasteiger partial charge >= 0.3 is 5.97 Å². The molecular formula is C9H12ClNO4S2. The van der Waals surface area contributed by atoms with E-state index in [4.69, 9.17) is 16.7 Å². The normalized spacial score (nSPS) is 15.5. The number of carbonyl (C=O) groups is 1. The van der Waals surface area contributed by atoms with Crippen molar-refractivity contribution in [1.29, 1.82) is 0 Å². The van der Waals surface area contributed by atoms with Gasteiger partial charge in [0.15, 0.2) is 0 Å². The van der Waals surface area contributed by atoms with Crippen molar-refractivity contribution in [3.63, 3.8) is 0 Å². The van der Waals surface area contributed by atoms with Crippen LogP contribution in [-0.4, -0.2) is 25.0 Å². The van der Waals surface area contributed by atoms with E-state index in [1.54, 1.807) is 6.92 Å². The largest absolute Gasteiger partial charge is 0.480 e. The van der Waals surface area contributed by atoms with E-state index in [1.165, 1.54) is 19.1 Å². The Hall–Kier alpha value is -0.630. The smallest absolute Gasteiger partial charge is 0.324 e. The predicted molar refractivity (Wildman–Crippen MR) is 66.0 cm³/mol. The summed E-state index contributed by atoms with van der Waals surface area (Å²) >= 11 is 6.52. The molecule has 1 aromatic rings. The highest BCUT2D eigenvalue weighted by Gasteiger charge is 2.36. The maximum atomic E-state index is 11.9. The molecule has 0 radical (unpaired) electrons. The standard InChI is InChI=1S/C9H12ClNO4S2/c1-3-9(2,8(12)13)11-17(14,15)7-5-4-6(10)16-7/h4-5,11H,3H2,1-2H3,(H,12,13). The molecule has 96 valence electrons. The minimum absolute atomic E-state index is 0.00317. The zero-order valence-corrected chi connectivity index (χ0v) is 11.6. The van der Waals surface area contributed by atoms with Crippen molar-refractivity contribution in [2.45, 2.75) is 30.0 Å². The van der Waals surface area contributed by atoms with E-state index in [0.29, 0.717) is 4.34 Å². The molecule has 0 saturated carbocycles. The lowest BCUT2D eigenvalue weighted by Crippen LogP contribution is -2.51. The second-order valence-corrected chi connectivity index (χ2v) is 7.28. The number of carboxylic acid groups (broad SMARTS) is 1. The Bertz CT molecular complexity index is 525. The van der Waals surface area contributed by atoms with Crippen LogP contribution in [0, 0.1) is 0 Å². The van der Waals surface area contributed by atoms with Gasteiger partial charge in [-0.25, -0.2) is 8.42 Å². The van der Waals surface area contributed by atoms with Gasteiger partial charge in [-0.3, -0.25) is 4.79 Å². The van der Waals surface area contributed by atoms with Gasteiger partial charge in [0.25, 0.3) is 10.0 Å². The zero-order chi connectivity index (χ0) is 13.3. The van der Waals surface area contributed by atoms with Crippen molar-refractivity contribution in [2.75, 3.05) is 0 Å². The van der Waals surface area contributed by atoms with Gasteiger partial charge in [-0.1, -0.05) is 18.5 Å². The maximum Gasteiger partial charge on any atom is 0.324 e. The van der Waals surface area contributed by atoms with Crippen LogP contribution in [0.5, 0.6) is 0 Å². The van der Waals surface area contributed by atoms with Crippen LogP contribution < -0.4 is 4.72 Å². The van der Waals surface area contributed by atoms with Gasteiger partial charge in [0.1, 0.15) is 9.75 Å². The summed E-state index contributed by atoms with van der Waals surface area (Å²) in [6.45, 7) is 2.92. The average molecular weight is 298 g/mol. The zero-order valence-electron chi connectivity index (χ0n) is 9.23. The second-order valence-electron chi connectivity index (χ2n) is 3.65. The molecule has 1 aromatic heterocycles. The van der Waals surface area contributed by atoms with Gasteiger partial charge in [-0.05, 0) is 25.5 Å². The molecule has 1 atom stereocenters. The third-order valence-corrected chi connectivity index (χ3v) is 5.67. The van der Waals surface area contributed by atoms with Crippen molar-refractivity contribution in [2.24, 2.45) is 0 Å². The van der Waals surface area contributed by atoms with E-state index < -0.39 is 21.5 Å². The lowest BCUT2D eigenvalue weighted by molar-refractivity contribution is -0.143. The quantitative estimate of drug-likeness (QED) is 0.870. The van der Waals surface area contributed by atoms with Gasteiger partial charge in [-0.15, -0.1) is 11.3 Å². The van der Waals surface area contributed by atoms with Crippen LogP contribution in [-0.2, 0) is 14.8 Å². The summed E-state index contributed by atoms with van der Waals surface area (Å²) in [5.74, 6) is -1.22. The number of sulfonamides is 1. The molecule has 17 heavy (non-hydrogen) atoms. The molecule has 0 aromatic carbocycles. The Labute approximate surface area is 108 Å². The van der Waals surface area contributed by atoms with Crippen molar-refractivity contribution >= 4 is 38.9 Å². The van der Waals surface area contributed by atoms with Crippen LogP contribution in [0.2, 0.25) is 4.34 Å². The fraction of sp³-hybridized carbons (Fsp3) is 0.444. The van der Waals surface area contributed by atoms with E-state index in [2.05, 4.69) is 4.72 Å². The minimum atomic E-state index is -3.85. The van der Waals surface area contributed by atoms with Crippen LogP contribution in [0.1, 0.15) is 20.3 Å². The topological polar surface area (TPSA) is 83.5 Å². The minimum Gasteiger partial charge on any atom is -0.480 e. The summed E-state index contributed by atoms with van der Waals surface area (Å²) in [6, 6.07) is 2.79. The molecule has 0 saturated heterocycles. The molecule has 0 spiro atoms. The molecular weight excluding hydrogens is 286 g/mol. The maximum absolute atomic E-state index is 11.9. The highest BCUT2D eigenvalue weighted by molar-refractivity contribution is 7.91.